The molecule has 2 aliphatic rings. The number of carboxylic acids is 1. The highest BCUT2D eigenvalue weighted by Crippen LogP contribution is 2.50. The van der Waals surface area contributed by atoms with Crippen molar-refractivity contribution in [2.24, 2.45) is 0 Å². The van der Waals surface area contributed by atoms with E-state index in [2.05, 4.69) is 143 Å². The minimum Gasteiger partial charge on any atom is -0.480 e. The Hall–Kier alpha value is -4.50. The molecule has 1 aliphatic heterocycles. The van der Waals surface area contributed by atoms with Crippen molar-refractivity contribution in [2.45, 2.75) is 64.2 Å². The van der Waals surface area contributed by atoms with Gasteiger partial charge in [0.05, 0.1) is 15.9 Å². The molecule has 1 amide bonds. The van der Waals surface area contributed by atoms with Crippen LogP contribution in [0.3, 0.4) is 0 Å². The maximum atomic E-state index is 13.1. The number of rotatable bonds is 8. The summed E-state index contributed by atoms with van der Waals surface area (Å²) in [5.74, 6) is -1.42. The van der Waals surface area contributed by atoms with Crippen molar-refractivity contribution in [3.63, 3.8) is 0 Å². The Balaban J connectivity index is 1.17. The lowest BCUT2D eigenvalue weighted by atomic mass is 9.82. The number of para-hydroxylation sites is 1. The van der Waals surface area contributed by atoms with Crippen LogP contribution in [0.5, 0.6) is 0 Å². The van der Waals surface area contributed by atoms with Crippen LogP contribution in [0.2, 0.25) is 0 Å². The first-order valence-electron chi connectivity index (χ1n) is 17.6. The van der Waals surface area contributed by atoms with Crippen LogP contribution in [-0.4, -0.2) is 37.3 Å². The van der Waals surface area contributed by atoms with E-state index in [1.165, 1.54) is 76.8 Å². The highest BCUT2D eigenvalue weighted by molar-refractivity contribution is 8.26. The molecule has 0 radical (unpaired) electrons. The summed E-state index contributed by atoms with van der Waals surface area (Å²) in [7, 11) is 0. The van der Waals surface area contributed by atoms with Crippen LogP contribution in [0.1, 0.15) is 74.4 Å². The van der Waals surface area contributed by atoms with Crippen molar-refractivity contribution in [3.8, 4) is 16.8 Å². The molecule has 4 aromatic carbocycles. The zero-order valence-electron chi connectivity index (χ0n) is 30.1. The third-order valence-electron chi connectivity index (χ3n) is 11.4. The lowest BCUT2D eigenvalue weighted by Gasteiger charge is -2.26. The van der Waals surface area contributed by atoms with E-state index in [-0.39, 0.29) is 21.1 Å². The van der Waals surface area contributed by atoms with Crippen molar-refractivity contribution in [3.05, 3.63) is 134 Å². The summed E-state index contributed by atoms with van der Waals surface area (Å²) in [6.45, 7) is 13.0. The summed E-state index contributed by atoms with van der Waals surface area (Å²) in [5.41, 5.74) is 9.35. The first kappa shape index (κ1) is 34.6. The molecule has 1 saturated heterocycles. The molecule has 1 N–H and O–H groups in total. The average molecular weight is 741 g/mol. The highest BCUT2D eigenvalue weighted by atomic mass is 32.2. The first-order chi connectivity index (χ1) is 24.7. The zero-order valence-corrected chi connectivity index (χ0v) is 32.6. The molecule has 262 valence electrons. The molecule has 0 saturated carbocycles. The number of thiocarbonyl (C=S) groups is 1. The summed E-state index contributed by atoms with van der Waals surface area (Å²) >= 11 is 8.31. The fraction of sp³-hybridized carbons (Fsp3) is 0.250. The minimum absolute atomic E-state index is 0.0827. The third kappa shape index (κ3) is 5.29. The second kappa shape index (κ2) is 12.3. The van der Waals surface area contributed by atoms with Gasteiger partial charge in [0, 0.05) is 42.5 Å². The van der Waals surface area contributed by atoms with Gasteiger partial charge in [-0.1, -0.05) is 126 Å². The fourth-order valence-corrected chi connectivity index (χ4v) is 10.7. The van der Waals surface area contributed by atoms with Crippen LogP contribution in [0.25, 0.3) is 38.6 Å². The summed E-state index contributed by atoms with van der Waals surface area (Å²) in [6.07, 6.45) is 2.75. The number of thiophene rings is 1. The number of fused-ring (bicyclic) bond motifs is 6. The van der Waals surface area contributed by atoms with Gasteiger partial charge in [0.15, 0.2) is 0 Å². The molecule has 52 heavy (non-hydrogen) atoms. The second-order valence-corrected chi connectivity index (χ2v) is 18.0. The van der Waals surface area contributed by atoms with Crippen LogP contribution in [-0.2, 0) is 25.8 Å². The summed E-state index contributed by atoms with van der Waals surface area (Å²) in [4.78, 5) is 28.5. The van der Waals surface area contributed by atoms with Gasteiger partial charge in [-0.2, -0.15) is 0 Å². The van der Waals surface area contributed by atoms with Crippen LogP contribution in [0.4, 0.5) is 0 Å². The van der Waals surface area contributed by atoms with Crippen molar-refractivity contribution in [1.82, 2.24) is 9.47 Å². The van der Waals surface area contributed by atoms with Crippen LogP contribution in [0, 0.1) is 0 Å². The van der Waals surface area contributed by atoms with E-state index in [9.17, 15) is 14.7 Å². The highest BCUT2D eigenvalue weighted by Gasteiger charge is 2.38. The number of carbonyl (C=O) groups is 2. The molecule has 5 nitrogen and oxygen atoms in total. The van der Waals surface area contributed by atoms with E-state index in [0.29, 0.717) is 4.91 Å². The smallest absolute Gasteiger partial charge is 0.323 e. The van der Waals surface area contributed by atoms with E-state index >= 15 is 0 Å². The standard InChI is InChI=1S/C44H40N2O3S3/c1-7-44(6,24-36-40(49)45(25-39(47)48)41(50)51-36)38-21-20-37(52-38)42(2,3)26-16-19-35-31(22-26)30-13-9-11-15-34(30)46(35)27-17-18-29-28-12-8-10-14-32(28)43(4,5)33(29)23-27/h8-24H,7,25H2,1-6H3,(H,47,48)/b36-24+. The molecule has 8 rings (SSSR count). The van der Waals surface area contributed by atoms with Gasteiger partial charge in [-0.05, 0) is 76.7 Å². The molecule has 6 aromatic rings. The summed E-state index contributed by atoms with van der Waals surface area (Å²) in [6, 6.07) is 35.8. The molecular weight excluding hydrogens is 701 g/mol. The van der Waals surface area contributed by atoms with Crippen molar-refractivity contribution >= 4 is 73.3 Å². The first-order valence-corrected chi connectivity index (χ1v) is 19.7. The van der Waals surface area contributed by atoms with Crippen molar-refractivity contribution in [1.29, 1.82) is 0 Å². The van der Waals surface area contributed by atoms with Gasteiger partial charge in [-0.15, -0.1) is 11.3 Å². The summed E-state index contributed by atoms with van der Waals surface area (Å²) in [5, 5.41) is 11.7. The molecule has 0 bridgehead atoms. The number of carboxylic acid groups (broad SMARTS) is 1. The zero-order chi connectivity index (χ0) is 36.7. The molecule has 1 aliphatic carbocycles. The minimum atomic E-state index is -1.08. The number of allylic oxidation sites excluding steroid dienone is 1. The topological polar surface area (TPSA) is 62.5 Å². The number of nitrogens with zero attached hydrogens (tertiary/aromatic N) is 2. The van der Waals surface area contributed by atoms with Crippen LogP contribution < -0.4 is 0 Å². The van der Waals surface area contributed by atoms with Crippen molar-refractivity contribution < 1.29 is 14.7 Å². The van der Waals surface area contributed by atoms with Crippen molar-refractivity contribution in [2.75, 3.05) is 6.54 Å². The number of hydrogen-bond donors (Lipinski definition) is 1. The molecule has 2 aromatic heterocycles. The van der Waals surface area contributed by atoms with Gasteiger partial charge in [0.25, 0.3) is 5.91 Å². The summed E-state index contributed by atoms with van der Waals surface area (Å²) < 4.78 is 2.70. The maximum Gasteiger partial charge on any atom is 0.323 e. The number of carbonyl (C=O) groups excluding carboxylic acids is 1. The van der Waals surface area contributed by atoms with Crippen LogP contribution in [0.15, 0.2) is 108 Å². The number of hydrogen-bond acceptors (Lipinski definition) is 5. The molecule has 0 spiro atoms. The lowest BCUT2D eigenvalue weighted by molar-refractivity contribution is -0.140. The van der Waals surface area contributed by atoms with E-state index in [4.69, 9.17) is 12.2 Å². The largest absolute Gasteiger partial charge is 0.480 e. The van der Waals surface area contributed by atoms with Gasteiger partial charge < -0.3 is 9.67 Å². The van der Waals surface area contributed by atoms with Gasteiger partial charge in [0.2, 0.25) is 0 Å². The third-order valence-corrected chi connectivity index (χ3v) is 14.4. The fourth-order valence-electron chi connectivity index (χ4n) is 8.00. The predicted octanol–water partition coefficient (Wildman–Crippen LogP) is 11.0. The average Bonchev–Trinajstić information content (AvgIpc) is 3.88. The molecule has 3 heterocycles. The number of thioether (sulfide) groups is 1. The van der Waals surface area contributed by atoms with Gasteiger partial charge in [0.1, 0.15) is 10.9 Å². The predicted molar refractivity (Wildman–Crippen MR) is 220 cm³/mol. The molecule has 1 unspecified atom stereocenters. The molecule has 8 heteroatoms. The SMILES string of the molecule is CCC(C)(/C=C1/SC(=S)N(CC(=O)O)C1=O)c1ccc(C(C)(C)c2ccc3c(c2)c2ccccc2n3-c2ccc3c(c2)C(C)(C)c2ccccc2-3)s1. The second-order valence-electron chi connectivity index (χ2n) is 15.2. The van der Waals surface area contributed by atoms with E-state index in [1.54, 1.807) is 11.3 Å². The Bertz CT molecular complexity index is 2520. The Morgan fingerprint density at radius 1 is 0.846 bits per heavy atom. The van der Waals surface area contributed by atoms with E-state index in [1.807, 2.05) is 6.08 Å². The molecular formula is C44H40N2O3S3. The lowest BCUT2D eigenvalue weighted by Crippen LogP contribution is -2.33. The maximum absolute atomic E-state index is 13.1. The number of benzene rings is 4. The number of amides is 1. The van der Waals surface area contributed by atoms with Gasteiger partial charge in [-0.25, -0.2) is 0 Å². The molecule has 1 fully saturated rings. The Labute approximate surface area is 318 Å². The Morgan fingerprint density at radius 2 is 1.54 bits per heavy atom. The quantitative estimate of drug-likeness (QED) is 0.124. The monoisotopic (exact) mass is 740 g/mol. The van der Waals surface area contributed by atoms with Gasteiger partial charge in [-0.3, -0.25) is 14.5 Å². The number of aromatic nitrogens is 1. The number of aliphatic carboxylic acids is 1. The Kier molecular flexibility index (Phi) is 8.17. The van der Waals surface area contributed by atoms with Crippen LogP contribution >= 0.6 is 35.3 Å². The Morgan fingerprint density at radius 3 is 2.31 bits per heavy atom. The normalized spacial score (nSPS) is 17.3. The van der Waals surface area contributed by atoms with E-state index in [0.717, 1.165) is 11.3 Å². The van der Waals surface area contributed by atoms with E-state index < -0.39 is 17.9 Å². The van der Waals surface area contributed by atoms with Gasteiger partial charge >= 0.3 is 5.97 Å². The molecule has 1 atom stereocenters.